The van der Waals surface area contributed by atoms with Crippen LogP contribution >= 0.6 is 0 Å². The van der Waals surface area contributed by atoms with E-state index in [9.17, 15) is 4.79 Å². The summed E-state index contributed by atoms with van der Waals surface area (Å²) in [7, 11) is 3.31. The minimum absolute atomic E-state index is 0.108. The van der Waals surface area contributed by atoms with E-state index in [1.165, 1.54) is 6.08 Å². The maximum atomic E-state index is 12.4. The van der Waals surface area contributed by atoms with Crippen molar-refractivity contribution in [3.8, 4) is 11.5 Å². The molecule has 0 aliphatic heterocycles. The van der Waals surface area contributed by atoms with Gasteiger partial charge in [0.15, 0.2) is 0 Å². The van der Waals surface area contributed by atoms with E-state index < -0.39 is 0 Å². The van der Waals surface area contributed by atoms with Crippen LogP contribution in [-0.4, -0.2) is 20.1 Å². The molecule has 2 rings (SSSR count). The van der Waals surface area contributed by atoms with Crippen molar-refractivity contribution >= 4 is 12.0 Å². The van der Waals surface area contributed by atoms with Crippen LogP contribution in [-0.2, 0) is 4.79 Å². The molecule has 0 aliphatic carbocycles. The fraction of sp³-hybridized carbons (Fsp3) is 0.348. The molecule has 0 radical (unpaired) electrons. The Kier molecular flexibility index (Phi) is 7.05. The van der Waals surface area contributed by atoms with Gasteiger partial charge >= 0.3 is 0 Å². The SMILES string of the molecule is COc1ccccc1/C=C/C(=O)NC(C)c1cc(C(C)C)c(OC)cc1C. The quantitative estimate of drug-likeness (QED) is 0.699. The molecule has 1 N–H and O–H groups in total. The Morgan fingerprint density at radius 2 is 1.67 bits per heavy atom. The van der Waals surface area contributed by atoms with E-state index in [1.807, 2.05) is 44.2 Å². The lowest BCUT2D eigenvalue weighted by Gasteiger charge is -2.20. The number of carbonyl (C=O) groups is 1. The van der Waals surface area contributed by atoms with E-state index in [2.05, 4.69) is 25.2 Å². The molecule has 27 heavy (non-hydrogen) atoms. The van der Waals surface area contributed by atoms with Crippen LogP contribution in [0.5, 0.6) is 11.5 Å². The number of hydrogen-bond acceptors (Lipinski definition) is 3. The molecule has 4 nitrogen and oxygen atoms in total. The first-order valence-electron chi connectivity index (χ1n) is 9.17. The average molecular weight is 367 g/mol. The largest absolute Gasteiger partial charge is 0.496 e. The van der Waals surface area contributed by atoms with Gasteiger partial charge in [-0.3, -0.25) is 4.79 Å². The lowest BCUT2D eigenvalue weighted by atomic mass is 9.93. The van der Waals surface area contributed by atoms with Crippen LogP contribution in [0.3, 0.4) is 0 Å². The Balaban J connectivity index is 2.17. The number of nitrogens with one attached hydrogen (secondary N) is 1. The molecule has 1 amide bonds. The summed E-state index contributed by atoms with van der Waals surface area (Å²) in [5, 5.41) is 3.04. The summed E-state index contributed by atoms with van der Waals surface area (Å²) in [6.07, 6.45) is 3.30. The van der Waals surface area contributed by atoms with Crippen molar-refractivity contribution in [3.05, 3.63) is 64.7 Å². The molecule has 1 unspecified atom stereocenters. The highest BCUT2D eigenvalue weighted by molar-refractivity contribution is 5.92. The number of amides is 1. The van der Waals surface area contributed by atoms with Gasteiger partial charge < -0.3 is 14.8 Å². The van der Waals surface area contributed by atoms with Crippen molar-refractivity contribution in [2.24, 2.45) is 0 Å². The third-order valence-corrected chi connectivity index (χ3v) is 4.62. The second-order valence-electron chi connectivity index (χ2n) is 6.91. The van der Waals surface area contributed by atoms with Crippen LogP contribution in [0.15, 0.2) is 42.5 Å². The summed E-state index contributed by atoms with van der Waals surface area (Å²) in [5.41, 5.74) is 4.20. The topological polar surface area (TPSA) is 47.6 Å². The zero-order chi connectivity index (χ0) is 20.0. The number of ether oxygens (including phenoxy) is 2. The van der Waals surface area contributed by atoms with E-state index >= 15 is 0 Å². The average Bonchev–Trinajstić information content (AvgIpc) is 2.65. The normalized spacial score (nSPS) is 12.3. The molecule has 0 aromatic heterocycles. The molecule has 1 atom stereocenters. The molecule has 4 heteroatoms. The lowest BCUT2D eigenvalue weighted by molar-refractivity contribution is -0.117. The second kappa shape index (κ2) is 9.26. The Labute approximate surface area is 162 Å². The molecule has 0 bridgehead atoms. The summed E-state index contributed by atoms with van der Waals surface area (Å²) in [6, 6.07) is 11.7. The van der Waals surface area contributed by atoms with Crippen molar-refractivity contribution in [1.82, 2.24) is 5.32 Å². The van der Waals surface area contributed by atoms with Crippen molar-refractivity contribution in [2.75, 3.05) is 14.2 Å². The molecule has 0 saturated heterocycles. The molecule has 144 valence electrons. The maximum Gasteiger partial charge on any atom is 0.244 e. The summed E-state index contributed by atoms with van der Waals surface area (Å²) in [4.78, 5) is 12.4. The highest BCUT2D eigenvalue weighted by Crippen LogP contribution is 2.32. The first-order chi connectivity index (χ1) is 12.9. The number of rotatable bonds is 7. The van der Waals surface area contributed by atoms with Crippen molar-refractivity contribution in [2.45, 2.75) is 39.7 Å². The number of benzene rings is 2. The smallest absolute Gasteiger partial charge is 0.244 e. The molecule has 2 aromatic carbocycles. The minimum Gasteiger partial charge on any atom is -0.496 e. The Bertz CT molecular complexity index is 824. The highest BCUT2D eigenvalue weighted by atomic mass is 16.5. The Hall–Kier alpha value is -2.75. The van der Waals surface area contributed by atoms with Crippen molar-refractivity contribution < 1.29 is 14.3 Å². The number of para-hydroxylation sites is 1. The zero-order valence-electron chi connectivity index (χ0n) is 17.0. The maximum absolute atomic E-state index is 12.4. The zero-order valence-corrected chi connectivity index (χ0v) is 17.0. The number of methoxy groups -OCH3 is 2. The van der Waals surface area contributed by atoms with Crippen LogP contribution < -0.4 is 14.8 Å². The first kappa shape index (κ1) is 20.6. The van der Waals surface area contributed by atoms with Gasteiger partial charge in [-0.1, -0.05) is 32.0 Å². The number of carbonyl (C=O) groups excluding carboxylic acids is 1. The summed E-state index contributed by atoms with van der Waals surface area (Å²) < 4.78 is 10.8. The van der Waals surface area contributed by atoms with Crippen molar-refractivity contribution in [1.29, 1.82) is 0 Å². The molecule has 0 saturated carbocycles. The van der Waals surface area contributed by atoms with Gasteiger partial charge in [0, 0.05) is 11.6 Å². The summed E-state index contributed by atoms with van der Waals surface area (Å²) >= 11 is 0. The molecule has 0 spiro atoms. The van der Waals surface area contributed by atoms with Gasteiger partial charge in [0.05, 0.1) is 20.3 Å². The van der Waals surface area contributed by atoms with Crippen LogP contribution in [0, 0.1) is 6.92 Å². The van der Waals surface area contributed by atoms with E-state index in [1.54, 1.807) is 20.3 Å². The number of aryl methyl sites for hydroxylation is 1. The molecular formula is C23H29NO3. The predicted molar refractivity (Wildman–Crippen MR) is 110 cm³/mol. The van der Waals surface area contributed by atoms with Gasteiger partial charge in [0.2, 0.25) is 5.91 Å². The van der Waals surface area contributed by atoms with E-state index in [0.717, 1.165) is 33.8 Å². The van der Waals surface area contributed by atoms with Gasteiger partial charge in [-0.05, 0) is 60.7 Å². The predicted octanol–water partition coefficient (Wildman–Crippen LogP) is 5.03. The molecule has 0 fully saturated rings. The second-order valence-corrected chi connectivity index (χ2v) is 6.91. The summed E-state index contributed by atoms with van der Waals surface area (Å²) in [5.74, 6) is 1.82. The minimum atomic E-state index is -0.144. The van der Waals surface area contributed by atoms with Gasteiger partial charge in [-0.15, -0.1) is 0 Å². The standard InChI is InChI=1S/C23H29NO3/c1-15(2)19-14-20(16(3)13-22(19)27-6)17(4)24-23(25)12-11-18-9-7-8-10-21(18)26-5/h7-15,17H,1-6H3,(H,24,25)/b12-11+. The first-order valence-corrected chi connectivity index (χ1v) is 9.17. The lowest BCUT2D eigenvalue weighted by Crippen LogP contribution is -2.25. The van der Waals surface area contributed by atoms with Crippen molar-refractivity contribution in [3.63, 3.8) is 0 Å². The summed E-state index contributed by atoms with van der Waals surface area (Å²) in [6.45, 7) is 8.30. The number of hydrogen-bond donors (Lipinski definition) is 1. The van der Waals surface area contributed by atoms with Crippen LogP contribution in [0.2, 0.25) is 0 Å². The van der Waals surface area contributed by atoms with Crippen LogP contribution in [0.4, 0.5) is 0 Å². The Morgan fingerprint density at radius 1 is 1.00 bits per heavy atom. The fourth-order valence-electron chi connectivity index (χ4n) is 3.12. The molecule has 2 aromatic rings. The highest BCUT2D eigenvalue weighted by Gasteiger charge is 2.16. The molecule has 0 heterocycles. The molecular weight excluding hydrogens is 338 g/mol. The van der Waals surface area contributed by atoms with Gasteiger partial charge in [-0.25, -0.2) is 0 Å². The van der Waals surface area contributed by atoms with Crippen LogP contribution in [0.25, 0.3) is 6.08 Å². The molecule has 0 aliphatic rings. The van der Waals surface area contributed by atoms with Gasteiger partial charge in [0.1, 0.15) is 11.5 Å². The van der Waals surface area contributed by atoms with E-state index in [0.29, 0.717) is 5.92 Å². The Morgan fingerprint density at radius 3 is 2.30 bits per heavy atom. The van der Waals surface area contributed by atoms with Crippen LogP contribution in [0.1, 0.15) is 55.0 Å². The van der Waals surface area contributed by atoms with E-state index in [-0.39, 0.29) is 11.9 Å². The van der Waals surface area contributed by atoms with Gasteiger partial charge in [-0.2, -0.15) is 0 Å². The third-order valence-electron chi connectivity index (χ3n) is 4.62. The van der Waals surface area contributed by atoms with Gasteiger partial charge in [0.25, 0.3) is 0 Å². The monoisotopic (exact) mass is 367 g/mol. The third kappa shape index (κ3) is 5.13. The van der Waals surface area contributed by atoms with E-state index in [4.69, 9.17) is 9.47 Å². The fourth-order valence-corrected chi connectivity index (χ4v) is 3.12.